The van der Waals surface area contributed by atoms with Crippen molar-refractivity contribution in [3.05, 3.63) is 69.7 Å². The van der Waals surface area contributed by atoms with Crippen LogP contribution in [0, 0.1) is 0 Å². The highest BCUT2D eigenvalue weighted by Gasteiger charge is 2.13. The SMILES string of the molecule is CN(Cc1cccc(Cl)c1)C(=O)CCC(=O)c1ccc(Cl)cc1. The van der Waals surface area contributed by atoms with Crippen molar-refractivity contribution in [2.45, 2.75) is 19.4 Å². The average Bonchev–Trinajstić information content (AvgIpc) is 2.53. The van der Waals surface area contributed by atoms with Crippen LogP contribution in [0.3, 0.4) is 0 Å². The number of benzene rings is 2. The summed E-state index contributed by atoms with van der Waals surface area (Å²) in [6.07, 6.45) is 0.360. The van der Waals surface area contributed by atoms with Crippen LogP contribution in [-0.4, -0.2) is 23.6 Å². The van der Waals surface area contributed by atoms with Crippen molar-refractivity contribution in [3.63, 3.8) is 0 Å². The largest absolute Gasteiger partial charge is 0.341 e. The Hall–Kier alpha value is -1.84. The van der Waals surface area contributed by atoms with Gasteiger partial charge in [0.25, 0.3) is 0 Å². The maximum atomic E-state index is 12.1. The summed E-state index contributed by atoms with van der Waals surface area (Å²) in [5.41, 5.74) is 1.53. The predicted molar refractivity (Wildman–Crippen MR) is 92.9 cm³/mol. The van der Waals surface area contributed by atoms with Crippen LogP contribution in [0.4, 0.5) is 0 Å². The van der Waals surface area contributed by atoms with Gasteiger partial charge in [-0.05, 0) is 42.0 Å². The number of ketones is 1. The van der Waals surface area contributed by atoms with E-state index in [-0.39, 0.29) is 24.5 Å². The summed E-state index contributed by atoms with van der Waals surface area (Å²) in [4.78, 5) is 25.8. The minimum Gasteiger partial charge on any atom is -0.341 e. The molecule has 0 radical (unpaired) electrons. The molecule has 2 rings (SSSR count). The van der Waals surface area contributed by atoms with Gasteiger partial charge < -0.3 is 4.90 Å². The fourth-order valence-electron chi connectivity index (χ4n) is 2.19. The lowest BCUT2D eigenvalue weighted by atomic mass is 10.1. The van der Waals surface area contributed by atoms with Crippen LogP contribution < -0.4 is 0 Å². The molecule has 0 fully saturated rings. The van der Waals surface area contributed by atoms with Crippen molar-refractivity contribution in [1.29, 1.82) is 0 Å². The van der Waals surface area contributed by atoms with Crippen LogP contribution >= 0.6 is 23.2 Å². The molecular formula is C18H17Cl2NO2. The Morgan fingerprint density at radius 2 is 1.65 bits per heavy atom. The molecule has 120 valence electrons. The topological polar surface area (TPSA) is 37.4 Å². The van der Waals surface area contributed by atoms with E-state index in [0.29, 0.717) is 22.2 Å². The molecule has 23 heavy (non-hydrogen) atoms. The first-order valence-corrected chi connectivity index (χ1v) is 7.98. The van der Waals surface area contributed by atoms with E-state index in [0.717, 1.165) is 5.56 Å². The van der Waals surface area contributed by atoms with Crippen LogP contribution in [0.1, 0.15) is 28.8 Å². The van der Waals surface area contributed by atoms with Crippen LogP contribution in [0.15, 0.2) is 48.5 Å². The Morgan fingerprint density at radius 3 is 2.30 bits per heavy atom. The summed E-state index contributed by atoms with van der Waals surface area (Å²) in [5.74, 6) is -0.140. The second-order valence-corrected chi connectivity index (χ2v) is 6.18. The van der Waals surface area contributed by atoms with E-state index in [2.05, 4.69) is 0 Å². The lowest BCUT2D eigenvalue weighted by Gasteiger charge is -2.17. The number of hydrogen-bond donors (Lipinski definition) is 0. The fourth-order valence-corrected chi connectivity index (χ4v) is 2.53. The minimum atomic E-state index is -0.0766. The zero-order valence-corrected chi connectivity index (χ0v) is 14.3. The predicted octanol–water partition coefficient (Wildman–Crippen LogP) is 4.61. The third-order valence-electron chi connectivity index (χ3n) is 3.47. The van der Waals surface area contributed by atoms with Gasteiger partial charge in [-0.25, -0.2) is 0 Å². The molecule has 1 amide bonds. The molecule has 0 saturated heterocycles. The van der Waals surface area contributed by atoms with Gasteiger partial charge in [-0.3, -0.25) is 9.59 Å². The maximum absolute atomic E-state index is 12.1. The number of hydrogen-bond acceptors (Lipinski definition) is 2. The molecule has 0 heterocycles. The average molecular weight is 350 g/mol. The summed E-state index contributed by atoms with van der Waals surface area (Å²) in [6, 6.07) is 14.1. The number of halogens is 2. The molecule has 0 unspecified atom stereocenters. The van der Waals surface area contributed by atoms with Crippen molar-refractivity contribution >= 4 is 34.9 Å². The Bertz CT molecular complexity index is 698. The van der Waals surface area contributed by atoms with E-state index in [1.165, 1.54) is 0 Å². The fraction of sp³-hybridized carbons (Fsp3) is 0.222. The van der Waals surface area contributed by atoms with E-state index in [1.54, 1.807) is 42.3 Å². The van der Waals surface area contributed by atoms with Crippen molar-refractivity contribution in [2.75, 3.05) is 7.05 Å². The molecular weight excluding hydrogens is 333 g/mol. The summed E-state index contributed by atoms with van der Waals surface area (Å²) >= 11 is 11.7. The van der Waals surface area contributed by atoms with Gasteiger partial charge in [-0.2, -0.15) is 0 Å². The van der Waals surface area contributed by atoms with Gasteiger partial charge in [-0.15, -0.1) is 0 Å². The van der Waals surface area contributed by atoms with Crippen molar-refractivity contribution in [2.24, 2.45) is 0 Å². The molecule has 0 atom stereocenters. The van der Waals surface area contributed by atoms with E-state index in [9.17, 15) is 9.59 Å². The number of rotatable bonds is 6. The van der Waals surface area contributed by atoms with E-state index < -0.39 is 0 Å². The van der Waals surface area contributed by atoms with Gasteiger partial charge in [0, 0.05) is 42.0 Å². The summed E-state index contributed by atoms with van der Waals surface area (Å²) < 4.78 is 0. The van der Waals surface area contributed by atoms with Crippen LogP contribution in [-0.2, 0) is 11.3 Å². The summed E-state index contributed by atoms with van der Waals surface area (Å²) in [5, 5.41) is 1.22. The highest BCUT2D eigenvalue weighted by molar-refractivity contribution is 6.30. The smallest absolute Gasteiger partial charge is 0.223 e. The monoisotopic (exact) mass is 349 g/mol. The van der Waals surface area contributed by atoms with E-state index in [1.807, 2.05) is 18.2 Å². The molecule has 5 heteroatoms. The quantitative estimate of drug-likeness (QED) is 0.713. The molecule has 0 bridgehead atoms. The first-order chi connectivity index (χ1) is 11.0. The molecule has 2 aromatic carbocycles. The lowest BCUT2D eigenvalue weighted by Crippen LogP contribution is -2.26. The molecule has 3 nitrogen and oxygen atoms in total. The number of carbonyl (C=O) groups is 2. The van der Waals surface area contributed by atoms with Gasteiger partial charge in [0.1, 0.15) is 0 Å². The van der Waals surface area contributed by atoms with Crippen LogP contribution in [0.25, 0.3) is 0 Å². The van der Waals surface area contributed by atoms with Crippen LogP contribution in [0.5, 0.6) is 0 Å². The molecule has 0 aromatic heterocycles. The van der Waals surface area contributed by atoms with E-state index in [4.69, 9.17) is 23.2 Å². The number of amides is 1. The van der Waals surface area contributed by atoms with E-state index >= 15 is 0 Å². The van der Waals surface area contributed by atoms with Gasteiger partial charge in [-0.1, -0.05) is 35.3 Å². The molecule has 0 aliphatic heterocycles. The first kappa shape index (κ1) is 17.5. The third-order valence-corrected chi connectivity index (χ3v) is 3.95. The standard InChI is InChI=1S/C18H17Cl2NO2/c1-21(12-13-3-2-4-16(20)11-13)18(23)10-9-17(22)14-5-7-15(19)8-6-14/h2-8,11H,9-10,12H2,1H3. The summed E-state index contributed by atoms with van der Waals surface area (Å²) in [6.45, 7) is 0.467. The Labute approximate surface area is 145 Å². The molecule has 0 aliphatic rings. The highest BCUT2D eigenvalue weighted by Crippen LogP contribution is 2.14. The Morgan fingerprint density at radius 1 is 0.957 bits per heavy atom. The van der Waals surface area contributed by atoms with Crippen molar-refractivity contribution in [1.82, 2.24) is 4.90 Å². The lowest BCUT2D eigenvalue weighted by molar-refractivity contribution is -0.130. The van der Waals surface area contributed by atoms with Gasteiger partial charge in [0.05, 0.1) is 0 Å². The van der Waals surface area contributed by atoms with Gasteiger partial charge in [0.15, 0.2) is 5.78 Å². The minimum absolute atomic E-state index is 0.0637. The van der Waals surface area contributed by atoms with Crippen LogP contribution in [0.2, 0.25) is 10.0 Å². The number of Topliss-reactive ketones (excluding diaryl/α,β-unsaturated/α-hetero) is 1. The highest BCUT2D eigenvalue weighted by atomic mass is 35.5. The number of nitrogens with zero attached hydrogens (tertiary/aromatic N) is 1. The van der Waals surface area contributed by atoms with Gasteiger partial charge >= 0.3 is 0 Å². The molecule has 2 aromatic rings. The maximum Gasteiger partial charge on any atom is 0.223 e. The normalized spacial score (nSPS) is 10.4. The van der Waals surface area contributed by atoms with Gasteiger partial charge in [0.2, 0.25) is 5.91 Å². The Balaban J connectivity index is 1.86. The molecule has 0 N–H and O–H groups in total. The summed E-state index contributed by atoms with van der Waals surface area (Å²) in [7, 11) is 1.72. The molecule has 0 aliphatic carbocycles. The second kappa shape index (κ2) is 8.14. The molecule has 0 saturated carbocycles. The zero-order valence-electron chi connectivity index (χ0n) is 12.8. The van der Waals surface area contributed by atoms with Crippen molar-refractivity contribution < 1.29 is 9.59 Å². The number of carbonyl (C=O) groups excluding carboxylic acids is 2. The zero-order chi connectivity index (χ0) is 16.8. The molecule has 0 spiro atoms. The Kier molecular flexibility index (Phi) is 6.20. The first-order valence-electron chi connectivity index (χ1n) is 7.23. The van der Waals surface area contributed by atoms with Crippen molar-refractivity contribution in [3.8, 4) is 0 Å². The second-order valence-electron chi connectivity index (χ2n) is 5.31. The third kappa shape index (κ3) is 5.38.